The van der Waals surface area contributed by atoms with Gasteiger partial charge in [-0.15, -0.1) is 0 Å². The van der Waals surface area contributed by atoms with Gasteiger partial charge in [-0.2, -0.15) is 0 Å². The van der Waals surface area contributed by atoms with Gasteiger partial charge in [-0.3, -0.25) is 4.79 Å². The van der Waals surface area contributed by atoms with E-state index in [2.05, 4.69) is 5.32 Å². The number of methoxy groups -OCH3 is 2. The van der Waals surface area contributed by atoms with Crippen LogP contribution in [0.5, 0.6) is 11.5 Å². The van der Waals surface area contributed by atoms with E-state index >= 15 is 0 Å². The number of hydrogen-bond acceptors (Lipinski definition) is 5. The number of benzene rings is 2. The summed E-state index contributed by atoms with van der Waals surface area (Å²) in [5.74, 6) is 1.59. The number of nitrogens with zero attached hydrogens (tertiary/aromatic N) is 2. The maximum atomic E-state index is 13.4. The van der Waals surface area contributed by atoms with Crippen LogP contribution in [0.2, 0.25) is 0 Å². The molecule has 0 bridgehead atoms. The van der Waals surface area contributed by atoms with E-state index in [0.717, 1.165) is 5.56 Å². The standard InChI is InChI=1S/C26H31N3O5/c1-19(2)29(26(31)27-21-13-23(32-3)15-24(14-21)33-4)18-25(30)28(17-22-11-8-12-34-22)16-20-9-6-5-7-10-20/h5-15,19H,16-18H2,1-4H3,(H,27,31). The highest BCUT2D eigenvalue weighted by molar-refractivity contribution is 5.93. The number of furan rings is 1. The molecule has 1 heterocycles. The molecule has 0 fully saturated rings. The van der Waals surface area contributed by atoms with Gasteiger partial charge in [-0.25, -0.2) is 4.79 Å². The van der Waals surface area contributed by atoms with Crippen LogP contribution in [-0.2, 0) is 17.9 Å². The smallest absolute Gasteiger partial charge is 0.322 e. The van der Waals surface area contributed by atoms with Crippen LogP contribution in [-0.4, -0.2) is 48.5 Å². The van der Waals surface area contributed by atoms with E-state index in [1.165, 1.54) is 4.90 Å². The largest absolute Gasteiger partial charge is 0.497 e. The average molecular weight is 466 g/mol. The maximum Gasteiger partial charge on any atom is 0.322 e. The van der Waals surface area contributed by atoms with Gasteiger partial charge in [0.25, 0.3) is 0 Å². The molecule has 2 aromatic carbocycles. The van der Waals surface area contributed by atoms with Crippen molar-refractivity contribution in [2.24, 2.45) is 0 Å². The van der Waals surface area contributed by atoms with E-state index in [0.29, 0.717) is 36.0 Å². The Hall–Kier alpha value is -3.94. The van der Waals surface area contributed by atoms with E-state index in [-0.39, 0.29) is 18.5 Å². The first-order valence-electron chi connectivity index (χ1n) is 11.0. The Morgan fingerprint density at radius 2 is 1.62 bits per heavy atom. The number of hydrogen-bond donors (Lipinski definition) is 1. The van der Waals surface area contributed by atoms with Crippen LogP contribution in [0.25, 0.3) is 0 Å². The molecule has 0 spiro atoms. The Labute approximate surface area is 200 Å². The minimum absolute atomic E-state index is 0.0852. The molecule has 0 saturated carbocycles. The van der Waals surface area contributed by atoms with Gasteiger partial charge < -0.3 is 29.0 Å². The van der Waals surface area contributed by atoms with Gasteiger partial charge in [0.05, 0.1) is 27.0 Å². The molecular weight excluding hydrogens is 434 g/mol. The molecule has 180 valence electrons. The van der Waals surface area contributed by atoms with Gasteiger partial charge in [-0.05, 0) is 31.5 Å². The van der Waals surface area contributed by atoms with Gasteiger partial charge in [-0.1, -0.05) is 30.3 Å². The monoisotopic (exact) mass is 465 g/mol. The van der Waals surface area contributed by atoms with Gasteiger partial charge in [0.2, 0.25) is 5.91 Å². The van der Waals surface area contributed by atoms with E-state index < -0.39 is 6.03 Å². The lowest BCUT2D eigenvalue weighted by molar-refractivity contribution is -0.133. The normalized spacial score (nSPS) is 10.6. The summed E-state index contributed by atoms with van der Waals surface area (Å²) in [6, 6.07) is 17.8. The zero-order valence-electron chi connectivity index (χ0n) is 20.0. The molecule has 1 aromatic heterocycles. The summed E-state index contributed by atoms with van der Waals surface area (Å²) in [6.45, 7) is 4.36. The van der Waals surface area contributed by atoms with Crippen LogP contribution in [0.1, 0.15) is 25.2 Å². The molecule has 0 atom stereocenters. The van der Waals surface area contributed by atoms with Crippen molar-refractivity contribution < 1.29 is 23.5 Å². The second-order valence-electron chi connectivity index (χ2n) is 8.07. The number of carbonyl (C=O) groups excluding carboxylic acids is 2. The van der Waals surface area contributed by atoms with Crippen molar-refractivity contribution in [1.82, 2.24) is 9.80 Å². The van der Waals surface area contributed by atoms with Crippen molar-refractivity contribution in [1.29, 1.82) is 0 Å². The predicted molar refractivity (Wildman–Crippen MR) is 130 cm³/mol. The second-order valence-corrected chi connectivity index (χ2v) is 8.07. The molecule has 3 aromatic rings. The molecule has 0 radical (unpaired) electrons. The molecule has 0 saturated heterocycles. The lowest BCUT2D eigenvalue weighted by atomic mass is 10.2. The number of nitrogens with one attached hydrogen (secondary N) is 1. The molecule has 8 heteroatoms. The molecule has 0 aliphatic heterocycles. The van der Waals surface area contributed by atoms with Crippen LogP contribution in [0.3, 0.4) is 0 Å². The van der Waals surface area contributed by atoms with E-state index in [1.54, 1.807) is 49.6 Å². The van der Waals surface area contributed by atoms with E-state index in [4.69, 9.17) is 13.9 Å². The van der Waals surface area contributed by atoms with Crippen LogP contribution in [0, 0.1) is 0 Å². The quantitative estimate of drug-likeness (QED) is 0.466. The SMILES string of the molecule is COc1cc(NC(=O)N(CC(=O)N(Cc2ccccc2)Cc2ccco2)C(C)C)cc(OC)c1. The average Bonchev–Trinajstić information content (AvgIpc) is 3.35. The highest BCUT2D eigenvalue weighted by Crippen LogP contribution is 2.26. The molecule has 34 heavy (non-hydrogen) atoms. The van der Waals surface area contributed by atoms with E-state index in [1.807, 2.05) is 50.2 Å². The van der Waals surface area contributed by atoms with Gasteiger partial charge in [0.1, 0.15) is 23.8 Å². The maximum absolute atomic E-state index is 13.4. The molecule has 3 rings (SSSR count). The lowest BCUT2D eigenvalue weighted by Crippen LogP contribution is -2.47. The summed E-state index contributed by atoms with van der Waals surface area (Å²) >= 11 is 0. The molecule has 0 aliphatic rings. The summed E-state index contributed by atoms with van der Waals surface area (Å²) in [7, 11) is 3.08. The highest BCUT2D eigenvalue weighted by atomic mass is 16.5. The predicted octanol–water partition coefficient (Wildman–Crippen LogP) is 4.77. The highest BCUT2D eigenvalue weighted by Gasteiger charge is 2.25. The molecule has 0 aliphatic carbocycles. The Morgan fingerprint density at radius 1 is 0.941 bits per heavy atom. The van der Waals surface area contributed by atoms with Crippen molar-refractivity contribution in [2.75, 3.05) is 26.1 Å². The first kappa shape index (κ1) is 24.7. The van der Waals surface area contributed by atoms with Crippen molar-refractivity contribution in [2.45, 2.75) is 33.0 Å². The Kier molecular flexibility index (Phi) is 8.56. The van der Waals surface area contributed by atoms with E-state index in [9.17, 15) is 9.59 Å². The summed E-state index contributed by atoms with van der Waals surface area (Å²) in [4.78, 5) is 29.7. The van der Waals surface area contributed by atoms with Gasteiger partial charge in [0.15, 0.2) is 0 Å². The summed E-state index contributed by atoms with van der Waals surface area (Å²) in [5, 5.41) is 2.85. The topological polar surface area (TPSA) is 84.3 Å². The van der Waals surface area contributed by atoms with Crippen LogP contribution < -0.4 is 14.8 Å². The number of rotatable bonds is 10. The van der Waals surface area contributed by atoms with Crippen molar-refractivity contribution in [3.63, 3.8) is 0 Å². The van der Waals surface area contributed by atoms with Gasteiger partial charge in [0, 0.05) is 36.5 Å². The van der Waals surface area contributed by atoms with Crippen molar-refractivity contribution >= 4 is 17.6 Å². The second kappa shape index (κ2) is 11.8. The molecule has 3 amide bonds. The fourth-order valence-electron chi connectivity index (χ4n) is 3.44. The summed E-state index contributed by atoms with van der Waals surface area (Å²) in [6.07, 6.45) is 1.58. The molecule has 8 nitrogen and oxygen atoms in total. The Morgan fingerprint density at radius 3 is 2.18 bits per heavy atom. The fraction of sp³-hybridized carbons (Fsp3) is 0.308. The third kappa shape index (κ3) is 6.78. The number of anilines is 1. The van der Waals surface area contributed by atoms with Gasteiger partial charge >= 0.3 is 6.03 Å². The fourth-order valence-corrected chi connectivity index (χ4v) is 3.44. The van der Waals surface area contributed by atoms with Crippen LogP contribution in [0.15, 0.2) is 71.3 Å². The van der Waals surface area contributed by atoms with Crippen LogP contribution in [0.4, 0.5) is 10.5 Å². The molecule has 0 unspecified atom stereocenters. The third-order valence-electron chi connectivity index (χ3n) is 5.29. The summed E-state index contributed by atoms with van der Waals surface area (Å²) in [5.41, 5.74) is 1.50. The number of urea groups is 1. The van der Waals surface area contributed by atoms with Crippen molar-refractivity contribution in [3.8, 4) is 11.5 Å². The number of amides is 3. The third-order valence-corrected chi connectivity index (χ3v) is 5.29. The Balaban J connectivity index is 1.76. The lowest BCUT2D eigenvalue weighted by Gasteiger charge is -2.30. The zero-order chi connectivity index (χ0) is 24.5. The molecular formula is C26H31N3O5. The minimum Gasteiger partial charge on any atom is -0.497 e. The van der Waals surface area contributed by atoms with Crippen molar-refractivity contribution in [3.05, 3.63) is 78.3 Å². The first-order chi connectivity index (χ1) is 16.4. The Bertz CT molecular complexity index is 1050. The molecule has 1 N–H and O–H groups in total. The minimum atomic E-state index is -0.392. The van der Waals surface area contributed by atoms with Crippen LogP contribution >= 0.6 is 0 Å². The summed E-state index contributed by atoms with van der Waals surface area (Å²) < 4.78 is 16.0. The zero-order valence-corrected chi connectivity index (χ0v) is 20.0. The first-order valence-corrected chi connectivity index (χ1v) is 11.0. The number of carbonyl (C=O) groups is 2. The number of ether oxygens (including phenoxy) is 2.